The van der Waals surface area contributed by atoms with Crippen LogP contribution in [0.1, 0.15) is 15.9 Å². The van der Waals surface area contributed by atoms with Gasteiger partial charge in [-0.15, -0.1) is 0 Å². The maximum absolute atomic E-state index is 13.6. The van der Waals surface area contributed by atoms with Gasteiger partial charge in [0.05, 0.1) is 0 Å². The average molecular weight is 232 g/mol. The molecule has 0 radical (unpaired) electrons. The van der Waals surface area contributed by atoms with Crippen LogP contribution in [-0.4, -0.2) is 6.29 Å². The minimum Gasteiger partial charge on any atom is -0.298 e. The Kier molecular flexibility index (Phi) is 3.00. The van der Waals surface area contributed by atoms with Gasteiger partial charge in [0, 0.05) is 11.1 Å². The van der Waals surface area contributed by atoms with Crippen molar-refractivity contribution in [1.29, 1.82) is 0 Å². The second kappa shape index (κ2) is 4.45. The lowest BCUT2D eigenvalue weighted by Gasteiger charge is -2.08. The van der Waals surface area contributed by atoms with E-state index in [9.17, 15) is 13.6 Å². The molecule has 17 heavy (non-hydrogen) atoms. The molecule has 0 spiro atoms. The summed E-state index contributed by atoms with van der Waals surface area (Å²) in [5.41, 5.74) is 1.94. The molecule has 2 aromatic carbocycles. The van der Waals surface area contributed by atoms with E-state index in [1.54, 1.807) is 25.1 Å². The van der Waals surface area contributed by atoms with Crippen LogP contribution < -0.4 is 0 Å². The van der Waals surface area contributed by atoms with Crippen LogP contribution in [-0.2, 0) is 0 Å². The fraction of sp³-hybridized carbons (Fsp3) is 0.0714. The lowest BCUT2D eigenvalue weighted by Crippen LogP contribution is -1.93. The van der Waals surface area contributed by atoms with Gasteiger partial charge in [-0.2, -0.15) is 0 Å². The Balaban J connectivity index is 2.67. The zero-order valence-corrected chi connectivity index (χ0v) is 9.21. The van der Waals surface area contributed by atoms with Gasteiger partial charge in [-0.25, -0.2) is 8.78 Å². The SMILES string of the molecule is Cc1ccc(C=O)cc1-c1cccc(F)c1F. The lowest BCUT2D eigenvalue weighted by atomic mass is 9.98. The molecule has 1 nitrogen and oxygen atoms in total. The summed E-state index contributed by atoms with van der Waals surface area (Å²) in [6.45, 7) is 1.79. The topological polar surface area (TPSA) is 17.1 Å². The van der Waals surface area contributed by atoms with Crippen molar-refractivity contribution in [3.8, 4) is 11.1 Å². The third kappa shape index (κ3) is 2.09. The smallest absolute Gasteiger partial charge is 0.166 e. The molecule has 0 aliphatic rings. The van der Waals surface area contributed by atoms with Gasteiger partial charge >= 0.3 is 0 Å². The van der Waals surface area contributed by atoms with Crippen molar-refractivity contribution in [3.63, 3.8) is 0 Å². The number of aryl methyl sites for hydroxylation is 1. The summed E-state index contributed by atoms with van der Waals surface area (Å²) in [6.07, 6.45) is 0.681. The monoisotopic (exact) mass is 232 g/mol. The molecule has 86 valence electrons. The first-order valence-corrected chi connectivity index (χ1v) is 5.13. The van der Waals surface area contributed by atoms with Gasteiger partial charge in [-0.3, -0.25) is 4.79 Å². The number of halogens is 2. The third-order valence-electron chi connectivity index (χ3n) is 2.64. The highest BCUT2D eigenvalue weighted by atomic mass is 19.2. The molecule has 0 fully saturated rings. The van der Waals surface area contributed by atoms with Gasteiger partial charge in [0.25, 0.3) is 0 Å². The Morgan fingerprint density at radius 2 is 1.82 bits per heavy atom. The molecule has 0 unspecified atom stereocenters. The Morgan fingerprint density at radius 3 is 2.53 bits per heavy atom. The standard InChI is InChI=1S/C14H10F2O/c1-9-5-6-10(8-17)7-12(9)11-3-2-4-13(15)14(11)16/h2-8H,1H3. The van der Waals surface area contributed by atoms with Crippen LogP contribution >= 0.6 is 0 Å². The minimum absolute atomic E-state index is 0.172. The van der Waals surface area contributed by atoms with Crippen molar-refractivity contribution in [3.05, 3.63) is 59.2 Å². The second-order valence-electron chi connectivity index (χ2n) is 3.79. The van der Waals surface area contributed by atoms with Crippen molar-refractivity contribution in [2.75, 3.05) is 0 Å². The molecule has 0 atom stereocenters. The molecular formula is C14H10F2O. The normalized spacial score (nSPS) is 10.3. The molecule has 0 saturated carbocycles. The van der Waals surface area contributed by atoms with E-state index in [-0.39, 0.29) is 5.56 Å². The van der Waals surface area contributed by atoms with E-state index >= 15 is 0 Å². The summed E-state index contributed by atoms with van der Waals surface area (Å²) in [7, 11) is 0. The molecule has 3 heteroatoms. The fourth-order valence-electron chi connectivity index (χ4n) is 1.71. The Hall–Kier alpha value is -2.03. The summed E-state index contributed by atoms with van der Waals surface area (Å²) < 4.78 is 26.8. The molecule has 0 bridgehead atoms. The van der Waals surface area contributed by atoms with Crippen molar-refractivity contribution in [1.82, 2.24) is 0 Å². The second-order valence-corrected chi connectivity index (χ2v) is 3.79. The van der Waals surface area contributed by atoms with Crippen molar-refractivity contribution >= 4 is 6.29 Å². The molecule has 0 aliphatic heterocycles. The number of hydrogen-bond acceptors (Lipinski definition) is 1. The highest BCUT2D eigenvalue weighted by molar-refractivity contribution is 5.80. The van der Waals surface area contributed by atoms with E-state index in [1.165, 1.54) is 12.1 Å². The van der Waals surface area contributed by atoms with Crippen molar-refractivity contribution in [2.45, 2.75) is 6.92 Å². The summed E-state index contributed by atoms with van der Waals surface area (Å²) >= 11 is 0. The van der Waals surface area contributed by atoms with Crippen molar-refractivity contribution in [2.24, 2.45) is 0 Å². The lowest BCUT2D eigenvalue weighted by molar-refractivity contribution is 0.112. The van der Waals surface area contributed by atoms with Crippen LogP contribution in [0.3, 0.4) is 0 Å². The van der Waals surface area contributed by atoms with E-state index in [4.69, 9.17) is 0 Å². The molecule has 0 heterocycles. The van der Waals surface area contributed by atoms with Crippen LogP contribution in [0.2, 0.25) is 0 Å². The van der Waals surface area contributed by atoms with Gasteiger partial charge in [-0.05, 0) is 30.2 Å². The van der Waals surface area contributed by atoms with Gasteiger partial charge in [0.1, 0.15) is 6.29 Å². The molecule has 2 aromatic rings. The maximum Gasteiger partial charge on any atom is 0.166 e. The Labute approximate surface area is 97.7 Å². The molecule has 0 aromatic heterocycles. The number of aldehydes is 1. The van der Waals surface area contributed by atoms with Crippen LogP contribution in [0, 0.1) is 18.6 Å². The summed E-state index contributed by atoms with van der Waals surface area (Å²) in [5, 5.41) is 0. The van der Waals surface area contributed by atoms with Crippen LogP contribution in [0.25, 0.3) is 11.1 Å². The first kappa shape index (κ1) is 11.5. The summed E-state index contributed by atoms with van der Waals surface area (Å²) in [4.78, 5) is 10.7. The number of carbonyl (C=O) groups is 1. The molecule has 2 rings (SSSR count). The number of hydrogen-bond donors (Lipinski definition) is 0. The average Bonchev–Trinajstić information content (AvgIpc) is 2.34. The predicted molar refractivity (Wildman–Crippen MR) is 61.9 cm³/mol. The van der Waals surface area contributed by atoms with Crippen molar-refractivity contribution < 1.29 is 13.6 Å². The third-order valence-corrected chi connectivity index (χ3v) is 2.64. The van der Waals surface area contributed by atoms with Crippen LogP contribution in [0.4, 0.5) is 8.78 Å². The quantitative estimate of drug-likeness (QED) is 0.720. The summed E-state index contributed by atoms with van der Waals surface area (Å²) in [5.74, 6) is -1.78. The number of rotatable bonds is 2. The van der Waals surface area contributed by atoms with E-state index in [0.717, 1.165) is 11.6 Å². The van der Waals surface area contributed by atoms with E-state index in [0.29, 0.717) is 17.4 Å². The highest BCUT2D eigenvalue weighted by Crippen LogP contribution is 2.27. The molecule has 0 saturated heterocycles. The zero-order valence-electron chi connectivity index (χ0n) is 9.21. The highest BCUT2D eigenvalue weighted by Gasteiger charge is 2.11. The van der Waals surface area contributed by atoms with Crippen LogP contribution in [0.5, 0.6) is 0 Å². The Bertz CT molecular complexity index is 576. The maximum atomic E-state index is 13.6. The first-order chi connectivity index (χ1) is 8.13. The van der Waals surface area contributed by atoms with E-state index in [1.807, 2.05) is 0 Å². The molecule has 0 amide bonds. The summed E-state index contributed by atoms with van der Waals surface area (Å²) in [6, 6.07) is 8.92. The number of carbonyl (C=O) groups excluding carboxylic acids is 1. The number of benzene rings is 2. The first-order valence-electron chi connectivity index (χ1n) is 5.13. The van der Waals surface area contributed by atoms with Crippen LogP contribution in [0.15, 0.2) is 36.4 Å². The minimum atomic E-state index is -0.890. The van der Waals surface area contributed by atoms with Gasteiger partial charge < -0.3 is 0 Å². The molecule has 0 aliphatic carbocycles. The predicted octanol–water partition coefficient (Wildman–Crippen LogP) is 3.75. The fourth-order valence-corrected chi connectivity index (χ4v) is 1.71. The molecule has 0 N–H and O–H groups in total. The van der Waals surface area contributed by atoms with E-state index < -0.39 is 11.6 Å². The van der Waals surface area contributed by atoms with Gasteiger partial charge in [0.2, 0.25) is 0 Å². The van der Waals surface area contributed by atoms with Gasteiger partial charge in [-0.1, -0.05) is 24.3 Å². The zero-order chi connectivity index (χ0) is 12.4. The van der Waals surface area contributed by atoms with Gasteiger partial charge in [0.15, 0.2) is 11.6 Å². The Morgan fingerprint density at radius 1 is 1.06 bits per heavy atom. The molecular weight excluding hydrogens is 222 g/mol. The van der Waals surface area contributed by atoms with E-state index in [2.05, 4.69) is 0 Å². The largest absolute Gasteiger partial charge is 0.298 e.